The van der Waals surface area contributed by atoms with Crippen molar-refractivity contribution in [3.05, 3.63) is 0 Å². The van der Waals surface area contributed by atoms with Crippen molar-refractivity contribution in [1.29, 1.82) is 0 Å². The lowest BCUT2D eigenvalue weighted by atomic mass is 9.93. The highest BCUT2D eigenvalue weighted by molar-refractivity contribution is 5.75. The number of esters is 6. The van der Waals surface area contributed by atoms with E-state index in [1.54, 1.807) is 6.92 Å². The Bertz CT molecular complexity index is 2100. The van der Waals surface area contributed by atoms with Crippen LogP contribution in [-0.4, -0.2) is 196 Å². The van der Waals surface area contributed by atoms with Crippen LogP contribution >= 0.6 is 0 Å². The summed E-state index contributed by atoms with van der Waals surface area (Å²) in [7, 11) is 1.29. The minimum Gasteiger partial charge on any atom is -0.469 e. The van der Waals surface area contributed by atoms with Crippen LogP contribution in [0.1, 0.15) is 116 Å². The summed E-state index contributed by atoms with van der Waals surface area (Å²) in [6.45, 7) is 16.5. The number of nitrogens with one attached hydrogen (secondary N) is 4. The van der Waals surface area contributed by atoms with Gasteiger partial charge in [-0.2, -0.15) is 0 Å². The molecule has 436 valence electrons. The van der Waals surface area contributed by atoms with Gasteiger partial charge in [-0.05, 0) is 40.5 Å². The van der Waals surface area contributed by atoms with Crippen molar-refractivity contribution in [2.75, 3.05) is 13.7 Å². The first kappa shape index (κ1) is 63.9. The smallest absolute Gasteiger partial charge is 0.305 e. The van der Waals surface area contributed by atoms with Crippen molar-refractivity contribution in [3.63, 3.8) is 0 Å². The maximum absolute atomic E-state index is 13.3. The Morgan fingerprint density at radius 1 is 0.364 bits per heavy atom. The van der Waals surface area contributed by atoms with Crippen molar-refractivity contribution in [3.8, 4) is 0 Å². The van der Waals surface area contributed by atoms with Gasteiger partial charge in [0, 0.05) is 75.3 Å². The molecule has 0 aromatic heterocycles. The van der Waals surface area contributed by atoms with Gasteiger partial charge < -0.3 is 87.6 Å². The fourth-order valence-electron chi connectivity index (χ4n) is 9.59. The monoisotopic (exact) mass is 1100 g/mol. The van der Waals surface area contributed by atoms with Crippen molar-refractivity contribution in [2.45, 2.75) is 238 Å². The van der Waals surface area contributed by atoms with E-state index in [9.17, 15) is 47.9 Å². The van der Waals surface area contributed by atoms with Gasteiger partial charge in [0.15, 0.2) is 61.8 Å². The molecule has 4 fully saturated rings. The minimum absolute atomic E-state index is 0.0576. The maximum atomic E-state index is 13.3. The second kappa shape index (κ2) is 29.4. The molecule has 0 aromatic rings. The fourth-order valence-corrected chi connectivity index (χ4v) is 9.59. The molecular formula is C49H76N4O24. The highest BCUT2D eigenvalue weighted by Gasteiger charge is 2.59. The normalized spacial score (nSPS) is 34.9. The van der Waals surface area contributed by atoms with Gasteiger partial charge in [-0.1, -0.05) is 6.42 Å². The Morgan fingerprint density at radius 3 is 1.00 bits per heavy atom. The van der Waals surface area contributed by atoms with Crippen LogP contribution in [0.4, 0.5) is 0 Å². The van der Waals surface area contributed by atoms with E-state index in [1.165, 1.54) is 55.6 Å². The second-order valence-corrected chi connectivity index (χ2v) is 19.2. The first-order valence-corrected chi connectivity index (χ1v) is 25.3. The molecule has 4 aliphatic heterocycles. The van der Waals surface area contributed by atoms with Gasteiger partial charge in [0.1, 0.15) is 12.2 Å². The molecule has 0 spiro atoms. The average molecular weight is 1110 g/mol. The van der Waals surface area contributed by atoms with Gasteiger partial charge in [-0.3, -0.25) is 47.9 Å². The zero-order valence-corrected chi connectivity index (χ0v) is 45.9. The van der Waals surface area contributed by atoms with Gasteiger partial charge in [-0.25, -0.2) is 0 Å². The van der Waals surface area contributed by atoms with Crippen LogP contribution in [0.15, 0.2) is 0 Å². The van der Waals surface area contributed by atoms with E-state index in [0.29, 0.717) is 19.3 Å². The summed E-state index contributed by atoms with van der Waals surface area (Å²) < 4.78 is 85.4. The summed E-state index contributed by atoms with van der Waals surface area (Å²) in [5, 5.41) is 10.9. The van der Waals surface area contributed by atoms with E-state index < -0.39 is 176 Å². The lowest BCUT2D eigenvalue weighted by molar-refractivity contribution is -0.374. The molecule has 4 amide bonds. The van der Waals surface area contributed by atoms with Gasteiger partial charge in [0.2, 0.25) is 23.6 Å². The third kappa shape index (κ3) is 18.5. The van der Waals surface area contributed by atoms with Crippen molar-refractivity contribution >= 4 is 59.4 Å². The summed E-state index contributed by atoms with van der Waals surface area (Å²) >= 11 is 0. The third-order valence-electron chi connectivity index (χ3n) is 12.6. The van der Waals surface area contributed by atoms with Crippen LogP contribution in [0.5, 0.6) is 0 Å². The van der Waals surface area contributed by atoms with Crippen molar-refractivity contribution < 1.29 is 114 Å². The first-order chi connectivity index (χ1) is 36.1. The Kier molecular flexibility index (Phi) is 24.4. The number of unbranched alkanes of at least 4 members (excludes halogenated alkanes) is 2. The Morgan fingerprint density at radius 2 is 0.649 bits per heavy atom. The molecule has 20 atom stereocenters. The number of amides is 4. The van der Waals surface area contributed by atoms with Crippen LogP contribution in [0, 0.1) is 0 Å². The molecule has 0 aliphatic carbocycles. The number of rotatable bonds is 22. The molecule has 0 radical (unpaired) electrons. The first-order valence-electron chi connectivity index (χ1n) is 25.3. The highest BCUT2D eigenvalue weighted by Crippen LogP contribution is 2.38. The van der Waals surface area contributed by atoms with E-state index in [4.69, 9.17) is 66.3 Å². The number of methoxy groups -OCH3 is 1. The number of carbonyl (C=O) groups excluding carboxylic acids is 10. The van der Waals surface area contributed by atoms with E-state index in [-0.39, 0.29) is 19.0 Å². The third-order valence-corrected chi connectivity index (χ3v) is 12.6. The standard InChI is InChI=1S/C49H76N4O24/c1-20-36(52-26(7)56)40(42(72-30(11)60)46(66-20)65-19-17-15-16-18-33(63)64-14)75-47-44(74-32(13)62)41(37(23(4)67-47)53-27(8)57)76-49-45(39(71-29(10)59)35(22(3)69-49)51-25(6)55)77-48-43(73-31(12)61)38(70-28(9)58)34(21(2)68-48)50-24(5)54/h20-23,34-49H,15-19H2,1-14H3,(H,50,54)(H,51,55)(H,52,56)(H,53,57)/t20-,21-,22-,23-,34-,35-,36-,37-,38+,39+,40+,41+,42+,43+,44+,45+,46+,47-,48-,49-/m1/s1. The van der Waals surface area contributed by atoms with Crippen LogP contribution in [0.2, 0.25) is 0 Å². The number of hydrogen-bond acceptors (Lipinski definition) is 24. The molecule has 4 aliphatic rings. The van der Waals surface area contributed by atoms with Gasteiger partial charge in [-0.15, -0.1) is 0 Å². The highest BCUT2D eigenvalue weighted by atomic mass is 16.8. The van der Waals surface area contributed by atoms with Crippen LogP contribution in [0.3, 0.4) is 0 Å². The zero-order chi connectivity index (χ0) is 57.6. The molecule has 0 unspecified atom stereocenters. The average Bonchev–Trinajstić information content (AvgIpc) is 3.30. The summed E-state index contributed by atoms with van der Waals surface area (Å²) in [4.78, 5) is 127. The topological polar surface area (TPSA) is 348 Å². The number of ether oxygens (including phenoxy) is 14. The van der Waals surface area contributed by atoms with Gasteiger partial charge in [0.25, 0.3) is 0 Å². The summed E-state index contributed by atoms with van der Waals surface area (Å²) in [5.74, 6) is -7.03. The SMILES string of the molecule is COC(=O)CCCCCO[C@H]1O[C@H](C)[C@@H](NC(C)=O)[C@H](O[C@H]2O[C@H](C)[C@@H](NC(C)=O)[C@H](O[C@H]3O[C@H](C)[C@@H](NC(C)=O)[C@H](OC(C)=O)[C@@H]3O[C@H]3O[C@H](C)[C@@H](NC(C)=O)[C@H](OC(C)=O)[C@@H]3OC(C)=O)[C@@H]2OC(C)=O)[C@@H]1OC(C)=O. The molecule has 0 aromatic carbocycles. The molecule has 4 saturated heterocycles. The quantitative estimate of drug-likeness (QED) is 0.0606. The Hall–Kier alpha value is -5.62. The molecule has 4 heterocycles. The molecule has 77 heavy (non-hydrogen) atoms. The molecule has 4 rings (SSSR count). The van der Waals surface area contributed by atoms with Crippen molar-refractivity contribution in [1.82, 2.24) is 21.3 Å². The summed E-state index contributed by atoms with van der Waals surface area (Å²) in [6.07, 6.45) is -21.8. The lowest BCUT2D eigenvalue weighted by Gasteiger charge is -2.52. The van der Waals surface area contributed by atoms with Gasteiger partial charge >= 0.3 is 35.8 Å². The van der Waals surface area contributed by atoms with Gasteiger partial charge in [0.05, 0.1) is 55.7 Å². The van der Waals surface area contributed by atoms with E-state index in [1.807, 2.05) is 0 Å². The molecule has 28 nitrogen and oxygen atoms in total. The predicted octanol–water partition coefficient (Wildman–Crippen LogP) is -0.451. The maximum Gasteiger partial charge on any atom is 0.305 e. The minimum atomic E-state index is -1.81. The number of hydrogen-bond donors (Lipinski definition) is 4. The largest absolute Gasteiger partial charge is 0.469 e. The zero-order valence-electron chi connectivity index (χ0n) is 45.9. The summed E-state index contributed by atoms with van der Waals surface area (Å²) in [6, 6.07) is -4.70. The van der Waals surface area contributed by atoms with Crippen LogP contribution in [-0.2, 0) is 114 Å². The second-order valence-electron chi connectivity index (χ2n) is 19.2. The summed E-state index contributed by atoms with van der Waals surface area (Å²) in [5.41, 5.74) is 0. The van der Waals surface area contributed by atoms with Crippen LogP contribution < -0.4 is 21.3 Å². The lowest BCUT2D eigenvalue weighted by Crippen LogP contribution is -2.71. The molecule has 4 N–H and O–H groups in total. The van der Waals surface area contributed by atoms with E-state index in [2.05, 4.69) is 21.3 Å². The fraction of sp³-hybridized carbons (Fsp3) is 0.796. The van der Waals surface area contributed by atoms with Crippen LogP contribution in [0.25, 0.3) is 0 Å². The molecule has 0 bridgehead atoms. The Labute approximate surface area is 446 Å². The van der Waals surface area contributed by atoms with E-state index in [0.717, 1.165) is 34.6 Å². The molecule has 0 saturated carbocycles. The molecule has 28 heteroatoms. The number of carbonyl (C=O) groups is 10. The predicted molar refractivity (Wildman–Crippen MR) is 257 cm³/mol. The Balaban J connectivity index is 1.88. The molecular weight excluding hydrogens is 1030 g/mol. The van der Waals surface area contributed by atoms with Crippen molar-refractivity contribution in [2.24, 2.45) is 0 Å². The van der Waals surface area contributed by atoms with E-state index >= 15 is 0 Å².